The summed E-state index contributed by atoms with van der Waals surface area (Å²) in [4.78, 5) is 15.4. The molecule has 0 radical (unpaired) electrons. The summed E-state index contributed by atoms with van der Waals surface area (Å²) in [6.45, 7) is 5.46. The third-order valence-electron chi connectivity index (χ3n) is 2.02. The highest BCUT2D eigenvalue weighted by molar-refractivity contribution is 6.36. The molecule has 1 rings (SSSR count). The number of hydrogen-bond acceptors (Lipinski definition) is 6. The first kappa shape index (κ1) is 12.2. The Morgan fingerprint density at radius 3 is 2.69 bits per heavy atom. The third-order valence-corrected chi connectivity index (χ3v) is 2.02. The number of ether oxygens (including phenoxy) is 1. The van der Waals surface area contributed by atoms with Crippen LogP contribution >= 0.6 is 0 Å². The lowest BCUT2D eigenvalue weighted by atomic mass is 10.3. The number of rotatable bonds is 4. The molecule has 0 saturated carbocycles. The van der Waals surface area contributed by atoms with E-state index in [4.69, 9.17) is 14.4 Å². The van der Waals surface area contributed by atoms with Crippen molar-refractivity contribution >= 4 is 11.7 Å². The molecule has 0 fully saturated rings. The Morgan fingerprint density at radius 2 is 2.25 bits per heavy atom. The first-order chi connectivity index (χ1) is 7.58. The molecule has 0 saturated heterocycles. The molecule has 1 heterocycles. The van der Waals surface area contributed by atoms with E-state index in [0.717, 1.165) is 5.69 Å². The molecule has 0 aromatic carbocycles. The van der Waals surface area contributed by atoms with Gasteiger partial charge in [-0.3, -0.25) is 0 Å². The van der Waals surface area contributed by atoms with Crippen molar-refractivity contribution in [3.63, 3.8) is 0 Å². The average Bonchev–Trinajstić information content (AvgIpc) is 2.55. The number of hydrogen-bond donors (Lipinski definition) is 1. The van der Waals surface area contributed by atoms with Crippen molar-refractivity contribution in [1.29, 1.82) is 0 Å². The van der Waals surface area contributed by atoms with Gasteiger partial charge in [-0.15, -0.1) is 0 Å². The second-order valence-electron chi connectivity index (χ2n) is 3.19. The summed E-state index contributed by atoms with van der Waals surface area (Å²) in [5.41, 5.74) is 0.624. The highest BCUT2D eigenvalue weighted by Gasteiger charge is 2.17. The Hall–Kier alpha value is -1.85. The van der Waals surface area contributed by atoms with E-state index in [1.165, 1.54) is 0 Å². The van der Waals surface area contributed by atoms with Gasteiger partial charge in [-0.05, 0) is 20.8 Å². The van der Waals surface area contributed by atoms with Crippen LogP contribution in [0.4, 0.5) is 0 Å². The van der Waals surface area contributed by atoms with E-state index in [2.05, 4.69) is 10.1 Å². The summed E-state index contributed by atoms with van der Waals surface area (Å²) in [5.74, 6) is 0.338. The molecule has 6 nitrogen and oxygen atoms in total. The quantitative estimate of drug-likeness (QED) is 0.361. The van der Waals surface area contributed by atoms with E-state index in [9.17, 15) is 4.79 Å². The number of nitrogens with zero attached hydrogens (tertiary/aromatic N) is 2. The Morgan fingerprint density at radius 1 is 1.56 bits per heavy atom. The number of carbonyl (C=O) groups is 1. The van der Waals surface area contributed by atoms with Crippen molar-refractivity contribution in [1.82, 2.24) is 4.98 Å². The van der Waals surface area contributed by atoms with E-state index in [0.29, 0.717) is 11.7 Å². The van der Waals surface area contributed by atoms with Gasteiger partial charge in [-0.2, -0.15) is 0 Å². The molecular weight excluding hydrogens is 212 g/mol. The summed E-state index contributed by atoms with van der Waals surface area (Å²) in [6.07, 6.45) is 0.0179. The van der Waals surface area contributed by atoms with Gasteiger partial charge in [0.15, 0.2) is 5.71 Å². The topological polar surface area (TPSA) is 84.9 Å². The third kappa shape index (κ3) is 2.82. The summed E-state index contributed by atoms with van der Waals surface area (Å²) >= 11 is 0. The molecule has 1 aromatic rings. The van der Waals surface area contributed by atoms with Crippen LogP contribution in [0.5, 0.6) is 0 Å². The highest BCUT2D eigenvalue weighted by atomic mass is 16.5. The lowest BCUT2D eigenvalue weighted by Gasteiger charge is -2.01. The number of aryl methyl sites for hydroxylation is 2. The minimum atomic E-state index is -0.668. The van der Waals surface area contributed by atoms with Crippen LogP contribution in [0.3, 0.4) is 0 Å². The van der Waals surface area contributed by atoms with Gasteiger partial charge in [0.2, 0.25) is 5.89 Å². The minimum absolute atomic E-state index is 0.0179. The fourth-order valence-corrected chi connectivity index (χ4v) is 1.12. The van der Waals surface area contributed by atoms with Crippen LogP contribution in [0, 0.1) is 13.8 Å². The first-order valence-electron chi connectivity index (χ1n) is 4.89. The predicted molar refractivity (Wildman–Crippen MR) is 55.5 cm³/mol. The monoisotopic (exact) mass is 226 g/mol. The number of oxazole rings is 1. The minimum Gasteiger partial charge on any atom is -0.461 e. The Bertz CT molecular complexity index is 389. The molecule has 1 aromatic heterocycles. The first-order valence-corrected chi connectivity index (χ1v) is 4.89. The molecule has 0 atom stereocenters. The molecule has 0 bridgehead atoms. The molecule has 0 spiro atoms. The van der Waals surface area contributed by atoms with Crippen LogP contribution in [0.1, 0.15) is 24.3 Å². The zero-order valence-electron chi connectivity index (χ0n) is 9.48. The Balaban J connectivity index is 2.75. The second-order valence-corrected chi connectivity index (χ2v) is 3.19. The fraction of sp³-hybridized carbons (Fsp3) is 0.500. The maximum atomic E-state index is 11.3. The summed E-state index contributed by atoms with van der Waals surface area (Å²) in [5, 5.41) is 11.6. The maximum absolute atomic E-state index is 11.3. The SMILES string of the molecule is CCOC(=O)/C(Cc1nc(C)c(C)o1)=N\O. The molecule has 88 valence electrons. The van der Waals surface area contributed by atoms with Crippen LogP contribution in [-0.4, -0.2) is 28.5 Å². The van der Waals surface area contributed by atoms with E-state index < -0.39 is 5.97 Å². The number of esters is 1. The molecule has 0 aliphatic carbocycles. The van der Waals surface area contributed by atoms with Gasteiger partial charge in [-0.25, -0.2) is 9.78 Å². The molecule has 0 unspecified atom stereocenters. The molecule has 0 amide bonds. The van der Waals surface area contributed by atoms with Crippen molar-refractivity contribution in [3.8, 4) is 0 Å². The molecule has 0 aliphatic heterocycles. The number of carbonyl (C=O) groups excluding carboxylic acids is 1. The van der Waals surface area contributed by atoms with E-state index >= 15 is 0 Å². The van der Waals surface area contributed by atoms with Gasteiger partial charge in [-0.1, -0.05) is 5.16 Å². The largest absolute Gasteiger partial charge is 0.461 e. The molecule has 16 heavy (non-hydrogen) atoms. The van der Waals surface area contributed by atoms with Crippen LogP contribution < -0.4 is 0 Å². The van der Waals surface area contributed by atoms with Crippen molar-refractivity contribution in [2.75, 3.05) is 6.61 Å². The van der Waals surface area contributed by atoms with Gasteiger partial charge in [0, 0.05) is 0 Å². The van der Waals surface area contributed by atoms with E-state index in [-0.39, 0.29) is 18.7 Å². The summed E-state index contributed by atoms with van der Waals surface area (Å²) in [7, 11) is 0. The Labute approximate surface area is 92.9 Å². The zero-order chi connectivity index (χ0) is 12.1. The van der Waals surface area contributed by atoms with E-state index in [1.807, 2.05) is 0 Å². The second kappa shape index (κ2) is 5.29. The lowest BCUT2D eigenvalue weighted by Crippen LogP contribution is -2.20. The predicted octanol–water partition coefficient (Wildman–Crippen LogP) is 1.23. The van der Waals surface area contributed by atoms with Crippen molar-refractivity contribution in [2.45, 2.75) is 27.2 Å². The van der Waals surface area contributed by atoms with Crippen LogP contribution in [-0.2, 0) is 16.0 Å². The molecule has 1 N–H and O–H groups in total. The standard InChI is InChI=1S/C10H14N2O4/c1-4-15-10(13)8(12-14)5-9-11-6(2)7(3)16-9/h14H,4-5H2,1-3H3/b12-8-. The van der Waals surface area contributed by atoms with Crippen molar-refractivity contribution in [2.24, 2.45) is 5.16 Å². The van der Waals surface area contributed by atoms with Gasteiger partial charge < -0.3 is 14.4 Å². The number of oxime groups is 1. The average molecular weight is 226 g/mol. The highest BCUT2D eigenvalue weighted by Crippen LogP contribution is 2.09. The lowest BCUT2D eigenvalue weighted by molar-refractivity contribution is -0.135. The van der Waals surface area contributed by atoms with Crippen molar-refractivity contribution in [3.05, 3.63) is 17.3 Å². The summed E-state index contributed by atoms with van der Waals surface area (Å²) in [6, 6.07) is 0. The van der Waals surface area contributed by atoms with Crippen LogP contribution in [0.25, 0.3) is 0 Å². The van der Waals surface area contributed by atoms with Crippen molar-refractivity contribution < 1.29 is 19.2 Å². The normalized spacial score (nSPS) is 11.6. The summed E-state index contributed by atoms with van der Waals surface area (Å²) < 4.78 is 9.97. The zero-order valence-corrected chi connectivity index (χ0v) is 9.48. The van der Waals surface area contributed by atoms with Crippen LogP contribution in [0.2, 0.25) is 0 Å². The van der Waals surface area contributed by atoms with Gasteiger partial charge >= 0.3 is 5.97 Å². The molecule has 0 aliphatic rings. The fourth-order valence-electron chi connectivity index (χ4n) is 1.12. The maximum Gasteiger partial charge on any atom is 0.356 e. The van der Waals surface area contributed by atoms with Gasteiger partial charge in [0.1, 0.15) is 5.76 Å². The molecule has 6 heteroatoms. The van der Waals surface area contributed by atoms with Gasteiger partial charge in [0.05, 0.1) is 18.7 Å². The smallest absolute Gasteiger partial charge is 0.356 e. The van der Waals surface area contributed by atoms with Gasteiger partial charge in [0.25, 0.3) is 0 Å². The number of aromatic nitrogens is 1. The van der Waals surface area contributed by atoms with Crippen LogP contribution in [0.15, 0.2) is 9.57 Å². The Kier molecular flexibility index (Phi) is 4.04. The van der Waals surface area contributed by atoms with E-state index in [1.54, 1.807) is 20.8 Å². The molecular formula is C10H14N2O4.